The molecule has 0 saturated carbocycles. The van der Waals surface area contributed by atoms with Crippen LogP contribution >= 0.6 is 0 Å². The molecule has 0 aliphatic carbocycles. The number of benzene rings is 2. The minimum Gasteiger partial charge on any atom is -0.379 e. The van der Waals surface area contributed by atoms with Crippen LogP contribution in [-0.2, 0) is 11.3 Å². The third-order valence-electron chi connectivity index (χ3n) is 4.85. The van der Waals surface area contributed by atoms with Gasteiger partial charge in [-0.3, -0.25) is 14.7 Å². The van der Waals surface area contributed by atoms with Gasteiger partial charge in [-0.2, -0.15) is 5.48 Å². The van der Waals surface area contributed by atoms with E-state index in [9.17, 15) is 4.79 Å². The van der Waals surface area contributed by atoms with Gasteiger partial charge in [-0.15, -0.1) is 0 Å². The minimum atomic E-state index is -0.337. The van der Waals surface area contributed by atoms with Crippen LogP contribution in [-0.4, -0.2) is 42.1 Å². The number of hydrogen-bond donors (Lipinski definition) is 1. The van der Waals surface area contributed by atoms with E-state index in [4.69, 9.17) is 9.57 Å². The van der Waals surface area contributed by atoms with E-state index in [1.54, 1.807) is 18.3 Å². The number of nitrogens with zero attached hydrogens (tertiary/aromatic N) is 2. The van der Waals surface area contributed by atoms with Gasteiger partial charge < -0.3 is 9.57 Å². The molecule has 2 aromatic carbocycles. The van der Waals surface area contributed by atoms with Gasteiger partial charge in [0.25, 0.3) is 5.91 Å². The Hall–Kier alpha value is -3.22. The Morgan fingerprint density at radius 3 is 2.76 bits per heavy atom. The van der Waals surface area contributed by atoms with Crippen LogP contribution in [0.5, 0.6) is 5.75 Å². The molecule has 1 aliphatic heterocycles. The zero-order valence-electron chi connectivity index (χ0n) is 16.1. The number of carbonyl (C=O) groups excluding carboxylic acids is 1. The Morgan fingerprint density at radius 2 is 1.93 bits per heavy atom. The van der Waals surface area contributed by atoms with Crippen LogP contribution in [0.15, 0.2) is 73.1 Å². The lowest BCUT2D eigenvalue weighted by Crippen LogP contribution is -2.35. The van der Waals surface area contributed by atoms with Gasteiger partial charge in [0.2, 0.25) is 0 Å². The first kappa shape index (κ1) is 19.1. The molecule has 0 bridgehead atoms. The monoisotopic (exact) mass is 389 g/mol. The molecule has 3 aromatic rings. The highest BCUT2D eigenvalue weighted by atomic mass is 16.7. The molecule has 1 saturated heterocycles. The maximum atomic E-state index is 12.2. The molecular weight excluding hydrogens is 366 g/mol. The summed E-state index contributed by atoms with van der Waals surface area (Å²) >= 11 is 0. The second-order valence-corrected chi connectivity index (χ2v) is 6.85. The van der Waals surface area contributed by atoms with Crippen LogP contribution in [0.25, 0.3) is 11.1 Å². The first-order chi connectivity index (χ1) is 14.3. The summed E-state index contributed by atoms with van der Waals surface area (Å²) in [7, 11) is 0. The van der Waals surface area contributed by atoms with Gasteiger partial charge in [0.05, 0.1) is 18.8 Å². The number of ether oxygens (including phenoxy) is 1. The number of morpholine rings is 1. The quantitative estimate of drug-likeness (QED) is 0.656. The van der Waals surface area contributed by atoms with Crippen LogP contribution in [0, 0.1) is 0 Å². The van der Waals surface area contributed by atoms with Crippen molar-refractivity contribution in [1.29, 1.82) is 0 Å². The standard InChI is InChI=1S/C23H23N3O3/c27-23(19-7-4-10-24-16-19)25-29-21-8-3-6-18(15-21)22-9-2-1-5-20(22)17-26-11-13-28-14-12-26/h1-10,15-16H,11-14,17H2,(H,25,27). The third kappa shape index (κ3) is 4.99. The summed E-state index contributed by atoms with van der Waals surface area (Å²) in [6.07, 6.45) is 3.12. The van der Waals surface area contributed by atoms with Crippen molar-refractivity contribution in [2.24, 2.45) is 0 Å². The van der Waals surface area contributed by atoms with E-state index in [-0.39, 0.29) is 5.91 Å². The Bertz CT molecular complexity index is 956. The summed E-state index contributed by atoms with van der Waals surface area (Å²) in [4.78, 5) is 24.0. The number of hydroxylamine groups is 1. The van der Waals surface area contributed by atoms with Crippen molar-refractivity contribution >= 4 is 5.91 Å². The molecule has 1 amide bonds. The first-order valence-corrected chi connectivity index (χ1v) is 9.65. The predicted octanol–water partition coefficient (Wildman–Crippen LogP) is 3.30. The lowest BCUT2D eigenvalue weighted by Gasteiger charge is -2.27. The highest BCUT2D eigenvalue weighted by Crippen LogP contribution is 2.28. The van der Waals surface area contributed by atoms with E-state index < -0.39 is 0 Å². The first-order valence-electron chi connectivity index (χ1n) is 9.65. The zero-order valence-corrected chi connectivity index (χ0v) is 16.1. The van der Waals surface area contributed by atoms with Crippen molar-refractivity contribution < 1.29 is 14.4 Å². The van der Waals surface area contributed by atoms with Crippen LogP contribution in [0.4, 0.5) is 0 Å². The Morgan fingerprint density at radius 1 is 1.07 bits per heavy atom. The van der Waals surface area contributed by atoms with Crippen LogP contribution < -0.4 is 10.3 Å². The van der Waals surface area contributed by atoms with Crippen LogP contribution in [0.2, 0.25) is 0 Å². The number of rotatable bonds is 6. The number of nitrogens with one attached hydrogen (secondary N) is 1. The van der Waals surface area contributed by atoms with E-state index in [2.05, 4.69) is 33.6 Å². The molecule has 0 unspecified atom stereocenters. The second-order valence-electron chi connectivity index (χ2n) is 6.85. The lowest BCUT2D eigenvalue weighted by atomic mass is 9.99. The van der Waals surface area contributed by atoms with Crippen LogP contribution in [0.3, 0.4) is 0 Å². The minimum absolute atomic E-state index is 0.337. The van der Waals surface area contributed by atoms with Gasteiger partial charge in [-0.25, -0.2) is 0 Å². The Labute approximate surface area is 170 Å². The van der Waals surface area contributed by atoms with Crippen molar-refractivity contribution in [2.45, 2.75) is 6.54 Å². The fourth-order valence-electron chi connectivity index (χ4n) is 3.33. The Kier molecular flexibility index (Phi) is 6.14. The fraction of sp³-hybridized carbons (Fsp3) is 0.217. The molecule has 2 heterocycles. The molecule has 0 radical (unpaired) electrons. The van der Waals surface area contributed by atoms with Crippen molar-refractivity contribution in [1.82, 2.24) is 15.4 Å². The number of aromatic nitrogens is 1. The van der Waals surface area contributed by atoms with Crippen LogP contribution in [0.1, 0.15) is 15.9 Å². The van der Waals surface area contributed by atoms with Crippen molar-refractivity contribution in [3.63, 3.8) is 0 Å². The summed E-state index contributed by atoms with van der Waals surface area (Å²) in [5.41, 5.74) is 6.37. The highest BCUT2D eigenvalue weighted by molar-refractivity contribution is 5.93. The van der Waals surface area contributed by atoms with Gasteiger partial charge in [0.15, 0.2) is 5.75 Å². The molecule has 1 aromatic heterocycles. The predicted molar refractivity (Wildman–Crippen MR) is 110 cm³/mol. The molecule has 1 N–H and O–H groups in total. The largest absolute Gasteiger partial charge is 0.379 e. The average molecular weight is 389 g/mol. The zero-order chi connectivity index (χ0) is 19.9. The molecule has 6 heteroatoms. The topological polar surface area (TPSA) is 63.7 Å². The molecule has 0 spiro atoms. The summed E-state index contributed by atoms with van der Waals surface area (Å²) in [6.45, 7) is 4.32. The number of carbonyl (C=O) groups is 1. The summed E-state index contributed by atoms with van der Waals surface area (Å²) in [6, 6.07) is 19.5. The highest BCUT2D eigenvalue weighted by Gasteiger charge is 2.14. The molecular formula is C23H23N3O3. The van der Waals surface area contributed by atoms with E-state index in [1.165, 1.54) is 11.8 Å². The van der Waals surface area contributed by atoms with Crippen molar-refractivity contribution in [2.75, 3.05) is 26.3 Å². The number of pyridine rings is 1. The van der Waals surface area contributed by atoms with Gasteiger partial charge in [-0.1, -0.05) is 36.4 Å². The summed E-state index contributed by atoms with van der Waals surface area (Å²) < 4.78 is 5.45. The Balaban J connectivity index is 1.48. The number of hydrogen-bond acceptors (Lipinski definition) is 5. The van der Waals surface area contributed by atoms with E-state index in [0.29, 0.717) is 11.3 Å². The maximum Gasteiger partial charge on any atom is 0.285 e. The van der Waals surface area contributed by atoms with Crippen molar-refractivity contribution in [3.05, 3.63) is 84.2 Å². The molecule has 4 rings (SSSR count). The summed E-state index contributed by atoms with van der Waals surface area (Å²) in [5, 5.41) is 0. The average Bonchev–Trinajstić information content (AvgIpc) is 2.79. The molecule has 0 atom stereocenters. The van der Waals surface area contributed by atoms with E-state index >= 15 is 0 Å². The van der Waals surface area contributed by atoms with Gasteiger partial charge in [-0.05, 0) is 41.0 Å². The second kappa shape index (κ2) is 9.32. The molecule has 6 nitrogen and oxygen atoms in total. The third-order valence-corrected chi connectivity index (χ3v) is 4.85. The van der Waals surface area contributed by atoms with Crippen molar-refractivity contribution in [3.8, 4) is 16.9 Å². The normalized spacial score (nSPS) is 14.3. The molecule has 1 aliphatic rings. The summed E-state index contributed by atoms with van der Waals surface area (Å²) in [5.74, 6) is 0.233. The smallest absolute Gasteiger partial charge is 0.285 e. The van der Waals surface area contributed by atoms with Gasteiger partial charge in [0.1, 0.15) is 0 Å². The van der Waals surface area contributed by atoms with Gasteiger partial charge in [0, 0.05) is 32.0 Å². The molecule has 29 heavy (non-hydrogen) atoms. The van der Waals surface area contributed by atoms with E-state index in [0.717, 1.165) is 44.0 Å². The fourth-order valence-corrected chi connectivity index (χ4v) is 3.33. The van der Waals surface area contributed by atoms with Gasteiger partial charge >= 0.3 is 0 Å². The van der Waals surface area contributed by atoms with E-state index in [1.807, 2.05) is 30.3 Å². The SMILES string of the molecule is O=C(NOc1cccc(-c2ccccc2CN2CCOCC2)c1)c1cccnc1. The number of amides is 1. The lowest BCUT2D eigenvalue weighted by molar-refractivity contribution is 0.0342. The maximum absolute atomic E-state index is 12.2. The molecule has 1 fully saturated rings. The molecule has 148 valence electrons.